The smallest absolute Gasteiger partial charge is 0.103 e. The third-order valence-electron chi connectivity index (χ3n) is 2.29. The number of hydrogen-bond acceptors (Lipinski definition) is 3. The highest BCUT2D eigenvalue weighted by Gasteiger charge is 2.08. The third kappa shape index (κ3) is 1.49. The number of aromatic nitrogens is 1. The van der Waals surface area contributed by atoms with Gasteiger partial charge in [0.25, 0.3) is 0 Å². The molecule has 0 unspecified atom stereocenters. The van der Waals surface area contributed by atoms with Crippen LogP contribution in [0.15, 0.2) is 18.3 Å². The lowest BCUT2D eigenvalue weighted by atomic mass is 10.1. The van der Waals surface area contributed by atoms with Gasteiger partial charge in [0.15, 0.2) is 0 Å². The number of pyridine rings is 1. The molecule has 2 rings (SSSR count). The van der Waals surface area contributed by atoms with Crippen molar-refractivity contribution in [1.29, 1.82) is 5.26 Å². The number of halogens is 1. The van der Waals surface area contributed by atoms with E-state index in [9.17, 15) is 0 Å². The lowest BCUT2D eigenvalue weighted by molar-refractivity contribution is 1.34. The van der Waals surface area contributed by atoms with Crippen molar-refractivity contribution >= 4 is 28.2 Å². The molecule has 0 bridgehead atoms. The second kappa shape index (κ2) is 3.41. The third-order valence-corrected chi connectivity index (χ3v) is 2.51. The number of nitrogens with zero attached hydrogens (tertiary/aromatic N) is 2. The Hall–Kier alpha value is -1.79. The fourth-order valence-corrected chi connectivity index (χ4v) is 1.82. The van der Waals surface area contributed by atoms with Gasteiger partial charge in [-0.25, -0.2) is 0 Å². The molecule has 0 aliphatic heterocycles. The van der Waals surface area contributed by atoms with Crippen LogP contribution in [0.25, 0.3) is 10.9 Å². The van der Waals surface area contributed by atoms with Crippen molar-refractivity contribution in [1.82, 2.24) is 4.98 Å². The molecule has 4 heteroatoms. The van der Waals surface area contributed by atoms with E-state index in [0.29, 0.717) is 16.3 Å². The van der Waals surface area contributed by atoms with Gasteiger partial charge in [-0.05, 0) is 24.6 Å². The fraction of sp³-hybridized carbons (Fsp3) is 0.0909. The predicted molar refractivity (Wildman–Crippen MR) is 60.6 cm³/mol. The number of nitrogens with two attached hydrogens (primary N) is 1. The van der Waals surface area contributed by atoms with E-state index in [2.05, 4.69) is 4.98 Å². The van der Waals surface area contributed by atoms with Crippen LogP contribution in [0.3, 0.4) is 0 Å². The van der Waals surface area contributed by atoms with Crippen LogP contribution in [0.1, 0.15) is 11.1 Å². The summed E-state index contributed by atoms with van der Waals surface area (Å²) in [6.45, 7) is 1.91. The first-order valence-corrected chi connectivity index (χ1v) is 4.75. The van der Waals surface area contributed by atoms with Gasteiger partial charge in [-0.3, -0.25) is 4.98 Å². The normalized spacial score (nSPS) is 10.2. The van der Waals surface area contributed by atoms with Crippen molar-refractivity contribution in [3.05, 3.63) is 34.5 Å². The Morgan fingerprint density at radius 2 is 2.20 bits per heavy atom. The first-order valence-electron chi connectivity index (χ1n) is 4.38. The average Bonchev–Trinajstić information content (AvgIpc) is 2.19. The number of nitriles is 1. The molecule has 15 heavy (non-hydrogen) atoms. The van der Waals surface area contributed by atoms with E-state index in [1.807, 2.05) is 19.1 Å². The topological polar surface area (TPSA) is 62.7 Å². The molecule has 0 fully saturated rings. The SMILES string of the molecule is Cc1cc(Cl)cc2c(N)c(C#N)cnc12. The van der Waals surface area contributed by atoms with E-state index in [1.165, 1.54) is 6.20 Å². The number of rotatable bonds is 0. The molecule has 0 saturated carbocycles. The molecule has 1 aromatic heterocycles. The highest BCUT2D eigenvalue weighted by Crippen LogP contribution is 2.28. The van der Waals surface area contributed by atoms with Crippen LogP contribution < -0.4 is 5.73 Å². The minimum absolute atomic E-state index is 0.379. The summed E-state index contributed by atoms with van der Waals surface area (Å²) in [4.78, 5) is 4.19. The van der Waals surface area contributed by atoms with Crippen molar-refractivity contribution in [3.63, 3.8) is 0 Å². The van der Waals surface area contributed by atoms with E-state index in [-0.39, 0.29) is 0 Å². The molecule has 0 aliphatic rings. The average molecular weight is 218 g/mol. The van der Waals surface area contributed by atoms with Gasteiger partial charge in [-0.15, -0.1) is 0 Å². The quantitative estimate of drug-likeness (QED) is 0.738. The van der Waals surface area contributed by atoms with E-state index >= 15 is 0 Å². The molecule has 1 heterocycles. The zero-order chi connectivity index (χ0) is 11.0. The molecule has 0 radical (unpaired) electrons. The summed E-state index contributed by atoms with van der Waals surface area (Å²) in [7, 11) is 0. The van der Waals surface area contributed by atoms with Gasteiger partial charge in [-0.2, -0.15) is 5.26 Å². The van der Waals surface area contributed by atoms with E-state index in [1.54, 1.807) is 6.07 Å². The number of hydrogen-bond donors (Lipinski definition) is 1. The second-order valence-electron chi connectivity index (χ2n) is 3.32. The molecule has 0 saturated heterocycles. The molecule has 2 aromatic rings. The molecule has 74 valence electrons. The van der Waals surface area contributed by atoms with Crippen LogP contribution in [-0.4, -0.2) is 4.98 Å². The van der Waals surface area contributed by atoms with Crippen molar-refractivity contribution in [2.24, 2.45) is 0 Å². The standard InChI is InChI=1S/C11H8ClN3/c1-6-2-8(12)3-9-10(14)7(4-13)5-15-11(6)9/h2-3,5H,1H3,(H2,14,15). The Morgan fingerprint density at radius 3 is 2.87 bits per heavy atom. The fourth-order valence-electron chi connectivity index (χ4n) is 1.55. The summed E-state index contributed by atoms with van der Waals surface area (Å²) < 4.78 is 0. The van der Waals surface area contributed by atoms with E-state index in [4.69, 9.17) is 22.6 Å². The van der Waals surface area contributed by atoms with Crippen molar-refractivity contribution in [2.45, 2.75) is 6.92 Å². The van der Waals surface area contributed by atoms with Crippen LogP contribution in [0.5, 0.6) is 0 Å². The highest BCUT2D eigenvalue weighted by atomic mass is 35.5. The number of benzene rings is 1. The molecular formula is C11H8ClN3. The second-order valence-corrected chi connectivity index (χ2v) is 3.75. The number of aryl methyl sites for hydroxylation is 1. The predicted octanol–water partition coefficient (Wildman–Crippen LogP) is 2.65. The van der Waals surface area contributed by atoms with Crippen LogP contribution in [-0.2, 0) is 0 Å². The first-order chi connectivity index (χ1) is 7.13. The maximum absolute atomic E-state index is 8.81. The number of anilines is 1. The van der Waals surface area contributed by atoms with Crippen LogP contribution >= 0.6 is 11.6 Å². The monoisotopic (exact) mass is 217 g/mol. The molecule has 0 spiro atoms. The minimum atomic E-state index is 0.379. The Balaban J connectivity index is 2.94. The van der Waals surface area contributed by atoms with Crippen molar-refractivity contribution < 1.29 is 0 Å². The Labute approximate surface area is 92.1 Å². The number of nitrogen functional groups attached to an aromatic ring is 1. The maximum Gasteiger partial charge on any atom is 0.103 e. The van der Waals surface area contributed by atoms with Gasteiger partial charge in [0.05, 0.1) is 16.8 Å². The van der Waals surface area contributed by atoms with Gasteiger partial charge in [0.2, 0.25) is 0 Å². The van der Waals surface area contributed by atoms with Gasteiger partial charge >= 0.3 is 0 Å². The lowest BCUT2D eigenvalue weighted by Crippen LogP contribution is -1.95. The Morgan fingerprint density at radius 1 is 1.47 bits per heavy atom. The summed E-state index contributed by atoms with van der Waals surface area (Å²) in [6.07, 6.45) is 1.48. The minimum Gasteiger partial charge on any atom is -0.397 e. The molecular weight excluding hydrogens is 210 g/mol. The summed E-state index contributed by atoms with van der Waals surface area (Å²) in [5.41, 5.74) is 8.40. The number of fused-ring (bicyclic) bond motifs is 1. The van der Waals surface area contributed by atoms with Crippen molar-refractivity contribution in [2.75, 3.05) is 5.73 Å². The molecule has 3 nitrogen and oxygen atoms in total. The molecule has 0 aliphatic carbocycles. The molecule has 0 amide bonds. The van der Waals surface area contributed by atoms with Gasteiger partial charge < -0.3 is 5.73 Å². The summed E-state index contributed by atoms with van der Waals surface area (Å²) in [5, 5.41) is 10.1. The zero-order valence-electron chi connectivity index (χ0n) is 8.08. The largest absolute Gasteiger partial charge is 0.397 e. The molecule has 2 N–H and O–H groups in total. The molecule has 1 aromatic carbocycles. The summed E-state index contributed by atoms with van der Waals surface area (Å²) in [6, 6.07) is 5.55. The Bertz CT molecular complexity index is 584. The van der Waals surface area contributed by atoms with E-state index < -0.39 is 0 Å². The lowest BCUT2D eigenvalue weighted by Gasteiger charge is -2.06. The highest BCUT2D eigenvalue weighted by molar-refractivity contribution is 6.31. The van der Waals surface area contributed by atoms with Gasteiger partial charge in [0.1, 0.15) is 6.07 Å². The van der Waals surface area contributed by atoms with E-state index in [0.717, 1.165) is 16.5 Å². The summed E-state index contributed by atoms with van der Waals surface area (Å²) in [5.74, 6) is 0. The van der Waals surface area contributed by atoms with Gasteiger partial charge in [-0.1, -0.05) is 11.6 Å². The van der Waals surface area contributed by atoms with Crippen LogP contribution in [0, 0.1) is 18.3 Å². The Kier molecular flexibility index (Phi) is 2.22. The zero-order valence-corrected chi connectivity index (χ0v) is 8.84. The maximum atomic E-state index is 8.81. The summed E-state index contributed by atoms with van der Waals surface area (Å²) >= 11 is 5.93. The van der Waals surface area contributed by atoms with Gasteiger partial charge in [0, 0.05) is 16.6 Å². The van der Waals surface area contributed by atoms with Crippen LogP contribution in [0.4, 0.5) is 5.69 Å². The van der Waals surface area contributed by atoms with Crippen molar-refractivity contribution in [3.8, 4) is 6.07 Å². The van der Waals surface area contributed by atoms with Crippen LogP contribution in [0.2, 0.25) is 5.02 Å². The molecule has 0 atom stereocenters. The first kappa shape index (κ1) is 9.75.